The van der Waals surface area contributed by atoms with E-state index in [9.17, 15) is 19.5 Å². The third-order valence-electron chi connectivity index (χ3n) is 12.8. The van der Waals surface area contributed by atoms with Crippen molar-refractivity contribution in [1.82, 2.24) is 0 Å². The largest absolute Gasteiger partial charge is 0.545 e. The highest BCUT2D eigenvalue weighted by Crippen LogP contribution is 2.17. The average molecular weight is 936 g/mol. The highest BCUT2D eigenvalue weighted by molar-refractivity contribution is 5.70. The Morgan fingerprint density at radius 1 is 0.439 bits per heavy atom. The van der Waals surface area contributed by atoms with Gasteiger partial charge in [0.25, 0.3) is 0 Å². The Hall–Kier alpha value is -1.97. The smallest absolute Gasteiger partial charge is 0.306 e. The zero-order valence-corrected chi connectivity index (χ0v) is 44.3. The molecule has 0 saturated heterocycles. The maximum absolute atomic E-state index is 12.8. The number of likely N-dealkylation sites (N-methyl/N-ethyl adjacent to an activating group) is 1. The van der Waals surface area contributed by atoms with Crippen molar-refractivity contribution in [3.8, 4) is 0 Å². The molecule has 0 spiro atoms. The molecule has 9 heteroatoms. The van der Waals surface area contributed by atoms with Gasteiger partial charge in [0.1, 0.15) is 13.2 Å². The molecule has 2 atom stereocenters. The number of esters is 2. The summed E-state index contributed by atoms with van der Waals surface area (Å²) in [5.41, 5.74) is 0. The minimum Gasteiger partial charge on any atom is -0.545 e. The lowest BCUT2D eigenvalue weighted by molar-refractivity contribution is -0.870. The van der Waals surface area contributed by atoms with E-state index in [2.05, 4.69) is 26.0 Å². The summed E-state index contributed by atoms with van der Waals surface area (Å²) in [5, 5.41) is 11.8. The number of unbranched alkanes of at least 4 members (excludes halogenated alkanes) is 36. The second-order valence-electron chi connectivity index (χ2n) is 20.6. The molecule has 0 aliphatic heterocycles. The predicted molar refractivity (Wildman–Crippen MR) is 274 cm³/mol. The molecule has 9 nitrogen and oxygen atoms in total. The molecule has 0 radical (unpaired) electrons. The van der Waals surface area contributed by atoms with E-state index in [4.69, 9.17) is 18.9 Å². The molecule has 0 aliphatic rings. The molecule has 0 aromatic carbocycles. The normalized spacial score (nSPS) is 12.8. The van der Waals surface area contributed by atoms with Crippen molar-refractivity contribution in [3.05, 3.63) is 12.2 Å². The number of quaternary nitrogens is 1. The number of carbonyl (C=O) groups excluding carboxylic acids is 3. The Labute approximate surface area is 408 Å². The fourth-order valence-electron chi connectivity index (χ4n) is 8.36. The molecule has 0 N–H and O–H groups in total. The molecule has 66 heavy (non-hydrogen) atoms. The molecule has 0 rings (SSSR count). The highest BCUT2D eigenvalue weighted by Gasteiger charge is 2.22. The molecule has 0 saturated carbocycles. The second-order valence-corrected chi connectivity index (χ2v) is 20.6. The molecular formula is C57H109NO8. The zero-order valence-electron chi connectivity index (χ0n) is 44.3. The van der Waals surface area contributed by atoms with Crippen molar-refractivity contribution < 1.29 is 42.9 Å². The number of rotatable bonds is 53. The van der Waals surface area contributed by atoms with Gasteiger partial charge in [-0.25, -0.2) is 0 Å². The number of carboxylic acids is 1. The van der Waals surface area contributed by atoms with Crippen LogP contribution in [0.5, 0.6) is 0 Å². The number of allylic oxidation sites excluding steroid dienone is 2. The fraction of sp³-hybridized carbons (Fsp3) is 0.912. The van der Waals surface area contributed by atoms with Crippen molar-refractivity contribution in [2.75, 3.05) is 47.5 Å². The van der Waals surface area contributed by atoms with Gasteiger partial charge in [-0.15, -0.1) is 0 Å². The first kappa shape index (κ1) is 64.0. The Bertz CT molecular complexity index is 1090. The summed E-state index contributed by atoms with van der Waals surface area (Å²) in [5.74, 6) is -2.26. The van der Waals surface area contributed by atoms with Crippen LogP contribution in [-0.4, -0.2) is 82.3 Å². The van der Waals surface area contributed by atoms with Gasteiger partial charge in [-0.3, -0.25) is 9.59 Å². The zero-order chi connectivity index (χ0) is 48.4. The molecule has 0 aromatic rings. The maximum Gasteiger partial charge on any atom is 0.306 e. The van der Waals surface area contributed by atoms with Gasteiger partial charge in [-0.2, -0.15) is 0 Å². The van der Waals surface area contributed by atoms with E-state index >= 15 is 0 Å². The van der Waals surface area contributed by atoms with Gasteiger partial charge in [0, 0.05) is 12.8 Å². The summed E-state index contributed by atoms with van der Waals surface area (Å²) in [4.78, 5) is 37.2. The minimum absolute atomic E-state index is 0.151. The van der Waals surface area contributed by atoms with E-state index in [-0.39, 0.29) is 32.2 Å². The predicted octanol–water partition coefficient (Wildman–Crippen LogP) is 14.8. The Balaban J connectivity index is 4.24. The summed E-state index contributed by atoms with van der Waals surface area (Å²) in [6.07, 6.45) is 52.5. The van der Waals surface area contributed by atoms with Gasteiger partial charge in [0.15, 0.2) is 12.4 Å². The van der Waals surface area contributed by atoms with Gasteiger partial charge < -0.3 is 33.3 Å². The molecule has 0 amide bonds. The summed E-state index contributed by atoms with van der Waals surface area (Å²) >= 11 is 0. The first-order valence-corrected chi connectivity index (χ1v) is 28.3. The van der Waals surface area contributed by atoms with Crippen molar-refractivity contribution >= 4 is 17.9 Å². The van der Waals surface area contributed by atoms with E-state index in [0.717, 1.165) is 38.5 Å². The quantitative estimate of drug-likeness (QED) is 0.0195. The molecule has 0 aromatic heterocycles. The van der Waals surface area contributed by atoms with E-state index in [1.165, 1.54) is 205 Å². The van der Waals surface area contributed by atoms with E-state index < -0.39 is 24.3 Å². The van der Waals surface area contributed by atoms with Crippen LogP contribution in [0.4, 0.5) is 0 Å². The summed E-state index contributed by atoms with van der Waals surface area (Å²) in [6.45, 7) is 4.80. The van der Waals surface area contributed by atoms with Crippen molar-refractivity contribution in [2.45, 2.75) is 289 Å². The third-order valence-corrected chi connectivity index (χ3v) is 12.8. The van der Waals surface area contributed by atoms with Crippen molar-refractivity contribution in [3.63, 3.8) is 0 Å². The average Bonchev–Trinajstić information content (AvgIpc) is 3.28. The van der Waals surface area contributed by atoms with Crippen LogP contribution in [0, 0.1) is 0 Å². The molecule has 0 aliphatic carbocycles. The Morgan fingerprint density at radius 2 is 0.773 bits per heavy atom. The van der Waals surface area contributed by atoms with Crippen molar-refractivity contribution in [2.24, 2.45) is 0 Å². The number of carbonyl (C=O) groups is 3. The molecule has 0 heterocycles. The highest BCUT2D eigenvalue weighted by atomic mass is 16.7. The number of carboxylic acid groups (broad SMARTS) is 1. The monoisotopic (exact) mass is 936 g/mol. The lowest BCUT2D eigenvalue weighted by Crippen LogP contribution is -2.44. The van der Waals surface area contributed by atoms with Gasteiger partial charge in [-0.05, 0) is 38.5 Å². The summed E-state index contributed by atoms with van der Waals surface area (Å²) in [7, 11) is 5.93. The minimum atomic E-state index is -1.62. The molecule has 390 valence electrons. The van der Waals surface area contributed by atoms with E-state index in [1.54, 1.807) is 0 Å². The number of nitrogens with zero attached hydrogens (tertiary/aromatic N) is 1. The van der Waals surface area contributed by atoms with Crippen LogP contribution in [0.2, 0.25) is 0 Å². The molecular weight excluding hydrogens is 827 g/mol. The lowest BCUT2D eigenvalue weighted by atomic mass is 10.0. The standard InChI is InChI=1S/C57H109NO8/c1-6-8-10-12-14-16-18-20-22-24-26-28-30-32-34-36-38-40-42-44-46-48-55(60)66-53(52-65-57(56(61)62)63-50-49-58(3,4)5)51-64-54(59)47-45-43-41-39-37-35-33-31-29-27-25-23-21-19-17-15-13-11-9-7-2/h24,26,53,57H,6-23,25,27-52H2,1-5H3/b26-24-. The van der Waals surface area contributed by atoms with Crippen LogP contribution in [0.15, 0.2) is 12.2 Å². The van der Waals surface area contributed by atoms with Crippen LogP contribution < -0.4 is 5.11 Å². The molecule has 0 bridgehead atoms. The first-order chi connectivity index (χ1) is 32.1. The number of hydrogen-bond acceptors (Lipinski definition) is 8. The topological polar surface area (TPSA) is 111 Å². The van der Waals surface area contributed by atoms with Gasteiger partial charge >= 0.3 is 11.9 Å². The third kappa shape index (κ3) is 49.9. The van der Waals surface area contributed by atoms with Gasteiger partial charge in [-0.1, -0.05) is 238 Å². The Kier molecular flexibility index (Phi) is 48.0. The summed E-state index contributed by atoms with van der Waals surface area (Å²) < 4.78 is 22.7. The number of aliphatic carboxylic acids is 1. The SMILES string of the molecule is CCCCCCCCCC/C=C\CCCCCCCCCCCC(=O)OC(COC(=O)CCCCCCCCCCCCCCCCCCCCCC)COC(OCC[N+](C)(C)C)C(=O)[O-]. The first-order valence-electron chi connectivity index (χ1n) is 28.3. The van der Waals surface area contributed by atoms with Gasteiger partial charge in [0.2, 0.25) is 0 Å². The molecule has 2 unspecified atom stereocenters. The second kappa shape index (κ2) is 49.5. The lowest BCUT2D eigenvalue weighted by Gasteiger charge is -2.26. The van der Waals surface area contributed by atoms with Crippen LogP contribution in [0.3, 0.4) is 0 Å². The van der Waals surface area contributed by atoms with Crippen LogP contribution in [0.25, 0.3) is 0 Å². The van der Waals surface area contributed by atoms with Crippen LogP contribution >= 0.6 is 0 Å². The van der Waals surface area contributed by atoms with Crippen LogP contribution in [0.1, 0.15) is 277 Å². The van der Waals surface area contributed by atoms with Crippen molar-refractivity contribution in [1.29, 1.82) is 0 Å². The number of ether oxygens (including phenoxy) is 4. The fourth-order valence-corrected chi connectivity index (χ4v) is 8.36. The van der Waals surface area contributed by atoms with Gasteiger partial charge in [0.05, 0.1) is 40.3 Å². The van der Waals surface area contributed by atoms with Crippen LogP contribution in [-0.2, 0) is 33.3 Å². The van der Waals surface area contributed by atoms with E-state index in [1.807, 2.05) is 21.1 Å². The van der Waals surface area contributed by atoms with E-state index in [0.29, 0.717) is 23.9 Å². The Morgan fingerprint density at radius 3 is 1.12 bits per heavy atom. The number of hydrogen-bond donors (Lipinski definition) is 0. The summed E-state index contributed by atoms with van der Waals surface area (Å²) in [6, 6.07) is 0. The maximum atomic E-state index is 12.8. The molecule has 0 fully saturated rings.